The zero-order chi connectivity index (χ0) is 18.5. The van der Waals surface area contributed by atoms with E-state index in [0.717, 1.165) is 19.2 Å². The Morgan fingerprint density at radius 3 is 2.17 bits per heavy atom. The normalized spacial score (nSPS) is 13.1. The summed E-state index contributed by atoms with van der Waals surface area (Å²) in [4.78, 5) is 2.73. The lowest BCUT2D eigenvalue weighted by Crippen LogP contribution is -2.19. The van der Waals surface area contributed by atoms with E-state index in [0.29, 0.717) is 22.4 Å². The van der Waals surface area contributed by atoms with Crippen molar-refractivity contribution in [2.75, 3.05) is 13.1 Å². The first kappa shape index (κ1) is 20.7. The van der Waals surface area contributed by atoms with Crippen LogP contribution in [0, 0.1) is 5.41 Å². The van der Waals surface area contributed by atoms with Crippen molar-refractivity contribution >= 4 is 22.7 Å². The van der Waals surface area contributed by atoms with Crippen LogP contribution in [0.25, 0.3) is 5.57 Å². The van der Waals surface area contributed by atoms with Gasteiger partial charge in [-0.15, -0.1) is 0 Å². The fraction of sp³-hybridized carbons (Fsp3) is 0.526. The van der Waals surface area contributed by atoms with Crippen LogP contribution >= 0.6 is 12.2 Å². The number of nitrogens with zero attached hydrogens (tertiary/aromatic N) is 1. The van der Waals surface area contributed by atoms with Crippen molar-refractivity contribution in [1.29, 1.82) is 0 Å². The lowest BCUT2D eigenvalue weighted by molar-refractivity contribution is -0.137. The van der Waals surface area contributed by atoms with Crippen LogP contribution in [-0.2, 0) is 6.18 Å². The molecule has 0 aliphatic heterocycles. The van der Waals surface area contributed by atoms with Crippen molar-refractivity contribution in [1.82, 2.24) is 4.90 Å². The van der Waals surface area contributed by atoms with Gasteiger partial charge in [-0.2, -0.15) is 13.2 Å². The molecule has 0 spiro atoms. The van der Waals surface area contributed by atoms with E-state index in [1.165, 1.54) is 12.1 Å². The van der Waals surface area contributed by atoms with Crippen molar-refractivity contribution in [3.63, 3.8) is 0 Å². The van der Waals surface area contributed by atoms with Gasteiger partial charge in [0, 0.05) is 29.7 Å². The number of halogens is 3. The van der Waals surface area contributed by atoms with E-state index in [1.54, 1.807) is 6.07 Å². The first-order chi connectivity index (χ1) is 11.0. The molecule has 0 atom stereocenters. The monoisotopic (exact) mass is 357 g/mol. The standard InChI is InChI=1S/C19H26F3NS/c1-6-23(7-2)13-16(17(24)12-18(3,4)5)14-9-8-10-15(11-14)19(20,21)22/h8-11,13H,6-7,12H2,1-5H3. The second kappa shape index (κ2) is 8.15. The summed E-state index contributed by atoms with van der Waals surface area (Å²) in [7, 11) is 0. The van der Waals surface area contributed by atoms with Crippen LogP contribution in [0.4, 0.5) is 13.2 Å². The summed E-state index contributed by atoms with van der Waals surface area (Å²) in [5.41, 5.74) is 0.547. The van der Waals surface area contributed by atoms with Crippen LogP contribution in [0.1, 0.15) is 52.2 Å². The Morgan fingerprint density at radius 2 is 1.71 bits per heavy atom. The van der Waals surface area contributed by atoms with Gasteiger partial charge in [-0.1, -0.05) is 45.1 Å². The summed E-state index contributed by atoms with van der Waals surface area (Å²) in [6.45, 7) is 11.8. The molecule has 1 aromatic rings. The number of rotatable bonds is 6. The second-order valence-electron chi connectivity index (χ2n) is 7.00. The molecule has 0 saturated heterocycles. The number of alkyl halides is 3. The van der Waals surface area contributed by atoms with Gasteiger partial charge in [0.1, 0.15) is 0 Å². The highest BCUT2D eigenvalue weighted by Gasteiger charge is 2.31. The Hall–Kier alpha value is -1.36. The van der Waals surface area contributed by atoms with Crippen molar-refractivity contribution in [3.8, 4) is 0 Å². The summed E-state index contributed by atoms with van der Waals surface area (Å²) < 4.78 is 39.1. The van der Waals surface area contributed by atoms with E-state index >= 15 is 0 Å². The predicted octanol–water partition coefficient (Wildman–Crippen LogP) is 6.19. The first-order valence-corrected chi connectivity index (χ1v) is 8.55. The van der Waals surface area contributed by atoms with Gasteiger partial charge in [0.05, 0.1) is 5.56 Å². The van der Waals surface area contributed by atoms with Crippen molar-refractivity contribution < 1.29 is 13.2 Å². The molecular formula is C19H26F3NS. The third kappa shape index (κ3) is 6.27. The zero-order valence-corrected chi connectivity index (χ0v) is 15.8. The molecular weight excluding hydrogens is 331 g/mol. The molecule has 0 saturated carbocycles. The number of hydrogen-bond donors (Lipinski definition) is 0. The quantitative estimate of drug-likeness (QED) is 0.441. The minimum Gasteiger partial charge on any atom is -0.377 e. The molecule has 0 fully saturated rings. The third-order valence-corrected chi connectivity index (χ3v) is 3.98. The average molecular weight is 357 g/mol. The molecule has 0 aliphatic carbocycles. The van der Waals surface area contributed by atoms with Crippen LogP contribution in [0.3, 0.4) is 0 Å². The minimum absolute atomic E-state index is 0.0267. The van der Waals surface area contributed by atoms with Crippen molar-refractivity contribution in [2.24, 2.45) is 5.41 Å². The fourth-order valence-electron chi connectivity index (χ4n) is 2.34. The van der Waals surface area contributed by atoms with E-state index in [9.17, 15) is 13.2 Å². The summed E-state index contributed by atoms with van der Waals surface area (Å²) in [5.74, 6) is 0. The summed E-state index contributed by atoms with van der Waals surface area (Å²) in [5, 5.41) is 0. The van der Waals surface area contributed by atoms with Crippen LogP contribution < -0.4 is 0 Å². The SMILES string of the molecule is CCN(C=C(C(=S)CC(C)(C)C)c1cccc(C(F)(F)F)c1)CC. The summed E-state index contributed by atoms with van der Waals surface area (Å²) >= 11 is 5.58. The Morgan fingerprint density at radius 1 is 1.12 bits per heavy atom. The number of thiocarbonyl (C=S) groups is 1. The molecule has 0 aliphatic rings. The maximum atomic E-state index is 13.0. The zero-order valence-electron chi connectivity index (χ0n) is 15.0. The Labute approximate surface area is 148 Å². The predicted molar refractivity (Wildman–Crippen MR) is 99.0 cm³/mol. The first-order valence-electron chi connectivity index (χ1n) is 8.14. The summed E-state index contributed by atoms with van der Waals surface area (Å²) in [6, 6.07) is 5.41. The molecule has 0 unspecified atom stereocenters. The Balaban J connectivity index is 3.35. The lowest BCUT2D eigenvalue weighted by atomic mass is 9.86. The van der Waals surface area contributed by atoms with Crippen molar-refractivity contribution in [2.45, 2.75) is 47.2 Å². The van der Waals surface area contributed by atoms with E-state index in [-0.39, 0.29) is 5.41 Å². The van der Waals surface area contributed by atoms with Gasteiger partial charge in [-0.3, -0.25) is 0 Å². The van der Waals surface area contributed by atoms with Crippen LogP contribution in [-0.4, -0.2) is 22.9 Å². The van der Waals surface area contributed by atoms with Crippen LogP contribution in [0.2, 0.25) is 0 Å². The molecule has 1 rings (SSSR count). The van der Waals surface area contributed by atoms with Crippen LogP contribution in [0.5, 0.6) is 0 Å². The van der Waals surface area contributed by atoms with E-state index in [4.69, 9.17) is 12.2 Å². The smallest absolute Gasteiger partial charge is 0.377 e. The summed E-state index contributed by atoms with van der Waals surface area (Å²) in [6.07, 6.45) is -1.82. The molecule has 0 radical (unpaired) electrons. The molecule has 0 bridgehead atoms. The number of benzene rings is 1. The van der Waals surface area contributed by atoms with Gasteiger partial charge in [0.15, 0.2) is 0 Å². The van der Waals surface area contributed by atoms with Gasteiger partial charge < -0.3 is 4.90 Å². The molecule has 5 heteroatoms. The molecule has 0 aromatic heterocycles. The van der Waals surface area contributed by atoms with Gasteiger partial charge in [0.25, 0.3) is 0 Å². The van der Waals surface area contributed by atoms with Gasteiger partial charge in [-0.05, 0) is 43.4 Å². The highest BCUT2D eigenvalue weighted by atomic mass is 32.1. The largest absolute Gasteiger partial charge is 0.416 e. The van der Waals surface area contributed by atoms with Gasteiger partial charge in [-0.25, -0.2) is 0 Å². The van der Waals surface area contributed by atoms with E-state index in [1.807, 2.05) is 24.9 Å². The number of hydrogen-bond acceptors (Lipinski definition) is 2. The average Bonchev–Trinajstić information content (AvgIpc) is 2.46. The van der Waals surface area contributed by atoms with Crippen molar-refractivity contribution in [3.05, 3.63) is 41.6 Å². The van der Waals surface area contributed by atoms with E-state index in [2.05, 4.69) is 20.8 Å². The molecule has 0 heterocycles. The molecule has 24 heavy (non-hydrogen) atoms. The van der Waals surface area contributed by atoms with Gasteiger partial charge >= 0.3 is 6.18 Å². The van der Waals surface area contributed by atoms with Gasteiger partial charge in [0.2, 0.25) is 0 Å². The topological polar surface area (TPSA) is 3.24 Å². The molecule has 0 N–H and O–H groups in total. The van der Waals surface area contributed by atoms with E-state index < -0.39 is 11.7 Å². The highest BCUT2D eigenvalue weighted by molar-refractivity contribution is 7.81. The maximum absolute atomic E-state index is 13.0. The van der Waals surface area contributed by atoms with Crippen LogP contribution in [0.15, 0.2) is 30.5 Å². The maximum Gasteiger partial charge on any atom is 0.416 e. The Bertz CT molecular complexity index is 593. The highest BCUT2D eigenvalue weighted by Crippen LogP contribution is 2.33. The second-order valence-corrected chi connectivity index (χ2v) is 7.50. The third-order valence-electron chi connectivity index (χ3n) is 3.62. The molecule has 1 nitrogen and oxygen atoms in total. The molecule has 0 amide bonds. The molecule has 134 valence electrons. The fourth-order valence-corrected chi connectivity index (χ4v) is 2.94. The lowest BCUT2D eigenvalue weighted by Gasteiger charge is -2.23. The Kier molecular flexibility index (Phi) is 7.02. The molecule has 1 aromatic carbocycles. The number of allylic oxidation sites excluding steroid dienone is 1. The minimum atomic E-state index is -4.36.